The van der Waals surface area contributed by atoms with Crippen molar-refractivity contribution < 1.29 is 29.2 Å². The summed E-state index contributed by atoms with van der Waals surface area (Å²) in [4.78, 5) is 0. The summed E-state index contributed by atoms with van der Waals surface area (Å²) >= 11 is 0. The Kier molecular flexibility index (Phi) is 13.1. The Hall–Kier alpha value is -2.12. The predicted molar refractivity (Wildman–Crippen MR) is 237 cm³/mol. The number of hydrogen-bond donors (Lipinski definition) is 2. The van der Waals surface area contributed by atoms with Crippen molar-refractivity contribution in [1.29, 1.82) is 0 Å². The lowest BCUT2D eigenvalue weighted by atomic mass is 9.69. The Morgan fingerprint density at radius 2 is 0.719 bits per heavy atom. The van der Waals surface area contributed by atoms with Crippen molar-refractivity contribution >= 4 is 0 Å². The number of benzene rings is 2. The van der Waals surface area contributed by atoms with Gasteiger partial charge in [-0.1, -0.05) is 163 Å². The average Bonchev–Trinajstić information content (AvgIpc) is 2.99. The van der Waals surface area contributed by atoms with Crippen molar-refractivity contribution in [3.05, 3.63) is 57.6 Å². The highest BCUT2D eigenvalue weighted by Crippen LogP contribution is 2.48. The molecule has 2 aliphatic rings. The average molecular weight is 793 g/mol. The van der Waals surface area contributed by atoms with Gasteiger partial charge in [-0.25, -0.2) is 0 Å². The van der Waals surface area contributed by atoms with Crippen molar-refractivity contribution in [2.45, 2.75) is 198 Å². The molecule has 0 saturated carbocycles. The van der Waals surface area contributed by atoms with Crippen LogP contribution in [0.2, 0.25) is 0 Å². The Labute approximate surface area is 349 Å². The van der Waals surface area contributed by atoms with Gasteiger partial charge in [-0.15, -0.1) is 0 Å². The molecule has 6 heteroatoms. The Balaban J connectivity index is 1.47. The van der Waals surface area contributed by atoms with Crippen LogP contribution in [0.3, 0.4) is 0 Å². The van der Waals surface area contributed by atoms with Gasteiger partial charge < -0.3 is 29.2 Å². The van der Waals surface area contributed by atoms with E-state index in [2.05, 4.69) is 163 Å². The van der Waals surface area contributed by atoms with E-state index in [1.165, 1.54) is 11.1 Å². The lowest BCUT2D eigenvalue weighted by Crippen LogP contribution is -2.56. The second kappa shape index (κ2) is 15.7. The molecular formula is C51H84O6. The van der Waals surface area contributed by atoms with Gasteiger partial charge in [0, 0.05) is 22.0 Å². The summed E-state index contributed by atoms with van der Waals surface area (Å²) in [5, 5.41) is 23.3. The molecule has 0 radical (unpaired) electrons. The predicted octanol–water partition coefficient (Wildman–Crippen LogP) is 12.7. The molecule has 0 aliphatic carbocycles. The maximum absolute atomic E-state index is 11.7. The van der Waals surface area contributed by atoms with E-state index in [0.29, 0.717) is 37.9 Å². The lowest BCUT2D eigenvalue weighted by Gasteiger charge is -2.49. The number of hydrogen-bond acceptors (Lipinski definition) is 6. The first-order chi connectivity index (χ1) is 25.5. The molecule has 2 aromatic rings. The molecule has 0 aromatic heterocycles. The van der Waals surface area contributed by atoms with E-state index in [0.717, 1.165) is 47.9 Å². The Morgan fingerprint density at radius 3 is 0.965 bits per heavy atom. The molecule has 324 valence electrons. The molecule has 0 atom stereocenters. The number of rotatable bonds is 10. The summed E-state index contributed by atoms with van der Waals surface area (Å²) in [5.41, 5.74) is 4.76. The van der Waals surface area contributed by atoms with Crippen LogP contribution in [-0.4, -0.2) is 49.2 Å². The number of phenolic OH excluding ortho intramolecular Hbond substituents is 2. The fourth-order valence-electron chi connectivity index (χ4n) is 10.1. The van der Waals surface area contributed by atoms with Crippen LogP contribution < -0.4 is 0 Å². The molecule has 0 unspecified atom stereocenters. The van der Waals surface area contributed by atoms with Crippen LogP contribution in [0, 0.1) is 27.1 Å². The lowest BCUT2D eigenvalue weighted by molar-refractivity contribution is -0.333. The van der Waals surface area contributed by atoms with Gasteiger partial charge in [0.2, 0.25) is 0 Å². The normalized spacial score (nSPS) is 22.3. The molecule has 2 aliphatic heterocycles. The molecule has 0 amide bonds. The summed E-state index contributed by atoms with van der Waals surface area (Å²) < 4.78 is 26.4. The van der Waals surface area contributed by atoms with Crippen molar-refractivity contribution in [3.63, 3.8) is 0 Å². The van der Waals surface area contributed by atoms with E-state index in [4.69, 9.17) is 18.9 Å². The zero-order chi connectivity index (χ0) is 43.6. The molecule has 2 N–H and O–H groups in total. The van der Waals surface area contributed by atoms with E-state index in [1.54, 1.807) is 0 Å². The van der Waals surface area contributed by atoms with Crippen LogP contribution in [0.25, 0.3) is 0 Å². The topological polar surface area (TPSA) is 77.4 Å². The van der Waals surface area contributed by atoms with Crippen molar-refractivity contribution in [1.82, 2.24) is 0 Å². The monoisotopic (exact) mass is 793 g/mol. The quantitative estimate of drug-likeness (QED) is 0.249. The third-order valence-corrected chi connectivity index (χ3v) is 12.1. The number of phenols is 2. The van der Waals surface area contributed by atoms with Crippen molar-refractivity contribution in [3.8, 4) is 11.5 Å². The second-order valence-electron chi connectivity index (χ2n) is 25.6. The molecule has 2 saturated heterocycles. The zero-order valence-electron chi connectivity index (χ0n) is 40.1. The molecule has 2 fully saturated rings. The first-order valence-electron chi connectivity index (χ1n) is 21.7. The smallest absolute Gasteiger partial charge is 0.162 e. The van der Waals surface area contributed by atoms with Gasteiger partial charge in [-0.2, -0.15) is 0 Å². The molecule has 2 aromatic carbocycles. The van der Waals surface area contributed by atoms with Crippen LogP contribution in [0.4, 0.5) is 0 Å². The molecule has 2 heterocycles. The fraction of sp³-hybridized carbons (Fsp3) is 0.765. The van der Waals surface area contributed by atoms with Crippen molar-refractivity contribution in [2.24, 2.45) is 27.1 Å². The van der Waals surface area contributed by atoms with Crippen LogP contribution in [0.15, 0.2) is 24.3 Å². The minimum Gasteiger partial charge on any atom is -0.507 e. The van der Waals surface area contributed by atoms with Crippen LogP contribution in [0.5, 0.6) is 11.5 Å². The molecule has 57 heavy (non-hydrogen) atoms. The largest absolute Gasteiger partial charge is 0.507 e. The van der Waals surface area contributed by atoms with Gasteiger partial charge in [-0.3, -0.25) is 0 Å². The van der Waals surface area contributed by atoms with Gasteiger partial charge >= 0.3 is 0 Å². The maximum Gasteiger partial charge on any atom is 0.162 e. The van der Waals surface area contributed by atoms with Crippen LogP contribution in [-0.2, 0) is 53.4 Å². The Morgan fingerprint density at radius 1 is 0.456 bits per heavy atom. The van der Waals surface area contributed by atoms with Crippen LogP contribution in [0.1, 0.15) is 185 Å². The first kappa shape index (κ1) is 47.6. The molecule has 4 rings (SSSR count). The highest BCUT2D eigenvalue weighted by atomic mass is 16.7. The molecule has 0 bridgehead atoms. The highest BCUT2D eigenvalue weighted by molar-refractivity contribution is 5.51. The van der Waals surface area contributed by atoms with E-state index in [1.807, 2.05) is 0 Å². The summed E-state index contributed by atoms with van der Waals surface area (Å²) in [6.07, 6.45) is 2.62. The van der Waals surface area contributed by atoms with E-state index in [9.17, 15) is 10.2 Å². The SMILES string of the molecule is CC(C)(C)CC(C)(C)c1cc(CC(C)(C)C2OCC3(CO2)COC(C(C)(C)Cc2cc(C(C)(C)C)c(O)c(C(C)(C)CC(C)(C)C)c2)OC3)cc(C(C)(C)C)c1O. The molecule has 6 nitrogen and oxygen atoms in total. The van der Waals surface area contributed by atoms with Gasteiger partial charge in [-0.05, 0) is 80.4 Å². The Bertz CT molecular complexity index is 1570. The van der Waals surface area contributed by atoms with E-state index < -0.39 is 12.6 Å². The number of ether oxygens (including phenoxy) is 4. The summed E-state index contributed by atoms with van der Waals surface area (Å²) in [6.45, 7) is 46.5. The van der Waals surface area contributed by atoms with Gasteiger partial charge in [0.1, 0.15) is 11.5 Å². The maximum atomic E-state index is 11.7. The highest BCUT2D eigenvalue weighted by Gasteiger charge is 2.48. The van der Waals surface area contributed by atoms with Gasteiger partial charge in [0.25, 0.3) is 0 Å². The standard InChI is InChI=1S/C51H84O6/c1-43(2,3)27-49(17,18)37-23-33(21-35(39(37)52)45(7,8)9)25-47(13,14)41-54-29-51(30-55-41)31-56-42(57-32-51)48(15,16)26-34-22-36(46(10,11)12)40(53)38(24-34)50(19,20)28-44(4,5)6/h21-24,41-42,52-53H,25-32H2,1-20H3. The third-order valence-electron chi connectivity index (χ3n) is 12.1. The summed E-state index contributed by atoms with van der Waals surface area (Å²) in [6, 6.07) is 8.84. The molecular weight excluding hydrogens is 709 g/mol. The van der Waals surface area contributed by atoms with E-state index in [-0.39, 0.29) is 48.7 Å². The summed E-state index contributed by atoms with van der Waals surface area (Å²) in [5.74, 6) is 0.846. The van der Waals surface area contributed by atoms with Gasteiger partial charge in [0.15, 0.2) is 12.6 Å². The minimum atomic E-state index is -0.390. The van der Waals surface area contributed by atoms with Gasteiger partial charge in [0.05, 0.1) is 31.8 Å². The van der Waals surface area contributed by atoms with Crippen molar-refractivity contribution in [2.75, 3.05) is 26.4 Å². The summed E-state index contributed by atoms with van der Waals surface area (Å²) in [7, 11) is 0. The molecule has 1 spiro atoms. The minimum absolute atomic E-state index is 0.116. The third kappa shape index (κ3) is 11.6. The fourth-order valence-corrected chi connectivity index (χ4v) is 10.1. The number of aromatic hydroxyl groups is 2. The first-order valence-corrected chi connectivity index (χ1v) is 21.7. The van der Waals surface area contributed by atoms with E-state index >= 15 is 0 Å². The zero-order valence-corrected chi connectivity index (χ0v) is 40.1. The van der Waals surface area contributed by atoms with Crippen LogP contribution >= 0.6 is 0 Å². The second-order valence-corrected chi connectivity index (χ2v) is 25.6.